The van der Waals surface area contributed by atoms with Crippen LogP contribution in [0.2, 0.25) is 0 Å². The topological polar surface area (TPSA) is 27.7 Å². The van der Waals surface area contributed by atoms with Gasteiger partial charge in [-0.15, -0.1) is 0 Å². The van der Waals surface area contributed by atoms with Gasteiger partial charge in [0.25, 0.3) is 0 Å². The highest BCUT2D eigenvalue weighted by atomic mass is 79.9. The Hall–Kier alpha value is -0.900. The Morgan fingerprint density at radius 2 is 1.67 bits per heavy atom. The van der Waals surface area contributed by atoms with Gasteiger partial charge in [-0.25, -0.2) is 0 Å². The van der Waals surface area contributed by atoms with Gasteiger partial charge in [0, 0.05) is 11.2 Å². The smallest absolute Gasteiger partial charge is 0.203 e. The zero-order valence-corrected chi connectivity index (χ0v) is 13.0. The largest absolute Gasteiger partial charge is 0.493 e. The number of benzene rings is 1. The summed E-state index contributed by atoms with van der Waals surface area (Å²) in [6.07, 6.45) is 0. The van der Waals surface area contributed by atoms with Crippen LogP contribution < -0.4 is 14.2 Å². The molecule has 102 valence electrons. The highest BCUT2D eigenvalue weighted by Gasteiger charge is 2.16. The lowest BCUT2D eigenvalue weighted by Crippen LogP contribution is -2.19. The number of para-hydroxylation sites is 1. The fourth-order valence-electron chi connectivity index (χ4n) is 1.56. The Bertz CT molecular complexity index is 344. The number of hydrogen-bond acceptors (Lipinski definition) is 3. The molecule has 0 fully saturated rings. The zero-order chi connectivity index (χ0) is 13.5. The van der Waals surface area contributed by atoms with Crippen LogP contribution in [0.3, 0.4) is 0 Å². The quantitative estimate of drug-likeness (QED) is 0.717. The van der Waals surface area contributed by atoms with Crippen molar-refractivity contribution in [2.24, 2.45) is 11.8 Å². The van der Waals surface area contributed by atoms with Crippen LogP contribution in [0, 0.1) is 11.8 Å². The number of rotatable bonds is 7. The minimum Gasteiger partial charge on any atom is -0.493 e. The van der Waals surface area contributed by atoms with Crippen molar-refractivity contribution in [2.45, 2.75) is 13.8 Å². The maximum Gasteiger partial charge on any atom is 0.203 e. The molecule has 1 aromatic carbocycles. The maximum absolute atomic E-state index is 5.88. The van der Waals surface area contributed by atoms with E-state index in [4.69, 9.17) is 14.2 Å². The fraction of sp³-hybridized carbons (Fsp3) is 0.571. The Morgan fingerprint density at radius 1 is 1.11 bits per heavy atom. The van der Waals surface area contributed by atoms with Gasteiger partial charge in [-0.2, -0.15) is 0 Å². The van der Waals surface area contributed by atoms with E-state index < -0.39 is 0 Å². The molecule has 1 unspecified atom stereocenters. The van der Waals surface area contributed by atoms with Crippen molar-refractivity contribution in [3.8, 4) is 17.2 Å². The minimum absolute atomic E-state index is 0.458. The second-order valence-corrected chi connectivity index (χ2v) is 5.11. The van der Waals surface area contributed by atoms with E-state index in [-0.39, 0.29) is 0 Å². The first kappa shape index (κ1) is 15.2. The first-order valence-electron chi connectivity index (χ1n) is 6.03. The van der Waals surface area contributed by atoms with Crippen molar-refractivity contribution in [1.82, 2.24) is 0 Å². The summed E-state index contributed by atoms with van der Waals surface area (Å²) in [6.45, 7) is 5.02. The van der Waals surface area contributed by atoms with Crippen molar-refractivity contribution in [3.63, 3.8) is 0 Å². The molecule has 0 radical (unpaired) electrons. The molecule has 0 aliphatic heterocycles. The monoisotopic (exact) mass is 316 g/mol. The predicted octanol–water partition coefficient (Wildman–Crippen LogP) is 3.75. The molecular weight excluding hydrogens is 296 g/mol. The molecular formula is C14H21BrO3. The van der Waals surface area contributed by atoms with Gasteiger partial charge >= 0.3 is 0 Å². The molecule has 0 amide bonds. The molecule has 0 aromatic heterocycles. The summed E-state index contributed by atoms with van der Waals surface area (Å²) in [5.74, 6) is 3.09. The van der Waals surface area contributed by atoms with Crippen LogP contribution in [0.15, 0.2) is 18.2 Å². The normalized spacial score (nSPS) is 12.3. The lowest BCUT2D eigenvalue weighted by atomic mass is 9.99. The maximum atomic E-state index is 5.88. The summed E-state index contributed by atoms with van der Waals surface area (Å²) in [7, 11) is 3.26. The van der Waals surface area contributed by atoms with E-state index >= 15 is 0 Å². The lowest BCUT2D eigenvalue weighted by Gasteiger charge is -2.20. The summed E-state index contributed by atoms with van der Waals surface area (Å²) in [6, 6.07) is 5.63. The van der Waals surface area contributed by atoms with Crippen molar-refractivity contribution < 1.29 is 14.2 Å². The van der Waals surface area contributed by atoms with Crippen LogP contribution in [0.5, 0.6) is 17.2 Å². The Kier molecular flexibility index (Phi) is 6.33. The van der Waals surface area contributed by atoms with Crippen LogP contribution >= 0.6 is 15.9 Å². The van der Waals surface area contributed by atoms with Gasteiger partial charge in [-0.05, 0) is 18.1 Å². The van der Waals surface area contributed by atoms with E-state index in [0.717, 1.165) is 5.33 Å². The van der Waals surface area contributed by atoms with Crippen LogP contribution in [0.25, 0.3) is 0 Å². The molecule has 0 saturated carbocycles. The molecule has 0 bridgehead atoms. The van der Waals surface area contributed by atoms with Crippen molar-refractivity contribution in [1.29, 1.82) is 0 Å². The van der Waals surface area contributed by atoms with Gasteiger partial charge in [0.05, 0.1) is 20.8 Å². The van der Waals surface area contributed by atoms with Crippen molar-refractivity contribution in [3.05, 3.63) is 18.2 Å². The Labute approximate surface area is 118 Å². The summed E-state index contributed by atoms with van der Waals surface area (Å²) in [4.78, 5) is 0. The van der Waals surface area contributed by atoms with Crippen molar-refractivity contribution in [2.75, 3.05) is 26.2 Å². The third-order valence-electron chi connectivity index (χ3n) is 2.97. The average Bonchev–Trinajstić information content (AvgIpc) is 2.38. The Morgan fingerprint density at radius 3 is 2.06 bits per heavy atom. The van der Waals surface area contributed by atoms with Gasteiger partial charge in [-0.1, -0.05) is 35.8 Å². The van der Waals surface area contributed by atoms with Crippen LogP contribution in [-0.2, 0) is 0 Å². The summed E-state index contributed by atoms with van der Waals surface area (Å²) >= 11 is 3.52. The van der Waals surface area contributed by atoms with Crippen LogP contribution in [0.1, 0.15) is 13.8 Å². The molecule has 0 aliphatic rings. The van der Waals surface area contributed by atoms with Gasteiger partial charge in [0.1, 0.15) is 0 Å². The minimum atomic E-state index is 0.458. The molecule has 1 aromatic rings. The summed E-state index contributed by atoms with van der Waals surface area (Å²) < 4.78 is 16.5. The molecule has 3 nitrogen and oxygen atoms in total. The highest BCUT2D eigenvalue weighted by Crippen LogP contribution is 2.37. The van der Waals surface area contributed by atoms with E-state index in [2.05, 4.69) is 29.8 Å². The number of ether oxygens (including phenoxy) is 3. The van der Waals surface area contributed by atoms with E-state index in [0.29, 0.717) is 35.7 Å². The molecule has 0 spiro atoms. The van der Waals surface area contributed by atoms with Gasteiger partial charge in [0.2, 0.25) is 5.75 Å². The Balaban J connectivity index is 2.82. The first-order valence-corrected chi connectivity index (χ1v) is 7.15. The zero-order valence-electron chi connectivity index (χ0n) is 11.4. The van der Waals surface area contributed by atoms with Crippen molar-refractivity contribution >= 4 is 15.9 Å². The van der Waals surface area contributed by atoms with E-state index in [1.54, 1.807) is 14.2 Å². The number of hydrogen-bond donors (Lipinski definition) is 0. The van der Waals surface area contributed by atoms with E-state index in [9.17, 15) is 0 Å². The van der Waals surface area contributed by atoms with E-state index in [1.807, 2.05) is 18.2 Å². The van der Waals surface area contributed by atoms with Gasteiger partial charge < -0.3 is 14.2 Å². The number of methoxy groups -OCH3 is 2. The fourth-order valence-corrected chi connectivity index (χ4v) is 2.50. The van der Waals surface area contributed by atoms with Crippen LogP contribution in [-0.4, -0.2) is 26.2 Å². The van der Waals surface area contributed by atoms with Crippen LogP contribution in [0.4, 0.5) is 0 Å². The molecule has 0 N–H and O–H groups in total. The molecule has 1 atom stereocenters. The van der Waals surface area contributed by atoms with Gasteiger partial charge in [-0.3, -0.25) is 0 Å². The first-order chi connectivity index (χ1) is 8.63. The molecule has 0 heterocycles. The molecule has 4 heteroatoms. The molecule has 0 aliphatic carbocycles. The predicted molar refractivity (Wildman–Crippen MR) is 77.2 cm³/mol. The standard InChI is InChI=1S/C14H21BrO3/c1-10(2)11(8-15)9-18-14-12(16-3)6-5-7-13(14)17-4/h5-7,10-11H,8-9H2,1-4H3. The summed E-state index contributed by atoms with van der Waals surface area (Å²) in [5, 5.41) is 0.919. The lowest BCUT2D eigenvalue weighted by molar-refractivity contribution is 0.210. The third-order valence-corrected chi connectivity index (χ3v) is 3.80. The second kappa shape index (κ2) is 7.52. The molecule has 18 heavy (non-hydrogen) atoms. The molecule has 0 saturated heterocycles. The number of alkyl halides is 1. The second-order valence-electron chi connectivity index (χ2n) is 4.46. The van der Waals surface area contributed by atoms with E-state index in [1.165, 1.54) is 0 Å². The number of halogens is 1. The third kappa shape index (κ3) is 3.80. The SMILES string of the molecule is COc1cccc(OC)c1OCC(CBr)C(C)C. The summed E-state index contributed by atoms with van der Waals surface area (Å²) in [5.41, 5.74) is 0. The molecule has 1 rings (SSSR count). The average molecular weight is 317 g/mol. The van der Waals surface area contributed by atoms with Gasteiger partial charge in [0.15, 0.2) is 11.5 Å². The highest BCUT2D eigenvalue weighted by molar-refractivity contribution is 9.09.